The fourth-order valence-corrected chi connectivity index (χ4v) is 6.32. The van der Waals surface area contributed by atoms with E-state index in [9.17, 15) is 8.42 Å². The Balaban J connectivity index is 1.50. The average Bonchev–Trinajstić information content (AvgIpc) is 3.17. The van der Waals surface area contributed by atoms with Crippen LogP contribution in [0.3, 0.4) is 0 Å². The molecule has 0 atom stereocenters. The van der Waals surface area contributed by atoms with Crippen LogP contribution in [0, 0.1) is 6.92 Å². The van der Waals surface area contributed by atoms with Crippen LogP contribution in [-0.4, -0.2) is 37.5 Å². The summed E-state index contributed by atoms with van der Waals surface area (Å²) in [6, 6.07) is 11.9. The zero-order chi connectivity index (χ0) is 23.4. The predicted molar refractivity (Wildman–Crippen MR) is 131 cm³/mol. The zero-order valence-corrected chi connectivity index (χ0v) is 21.0. The molecule has 0 aliphatic heterocycles. The van der Waals surface area contributed by atoms with Gasteiger partial charge in [0, 0.05) is 28.9 Å². The molecule has 1 fully saturated rings. The Hall–Kier alpha value is -2.13. The number of aryl methyl sites for hydroxylation is 1. The Labute approximate surface area is 204 Å². The van der Waals surface area contributed by atoms with Crippen LogP contribution >= 0.6 is 22.9 Å². The summed E-state index contributed by atoms with van der Waals surface area (Å²) in [5.74, 6) is 1.23. The van der Waals surface area contributed by atoms with Gasteiger partial charge in [0.25, 0.3) is 0 Å². The van der Waals surface area contributed by atoms with Gasteiger partial charge in [0.15, 0.2) is 11.5 Å². The number of hydrogen-bond acceptors (Lipinski definition) is 6. The van der Waals surface area contributed by atoms with Crippen molar-refractivity contribution < 1.29 is 17.9 Å². The van der Waals surface area contributed by atoms with Crippen molar-refractivity contribution in [2.24, 2.45) is 0 Å². The van der Waals surface area contributed by atoms with Gasteiger partial charge in [-0.15, -0.1) is 11.3 Å². The third-order valence-electron chi connectivity index (χ3n) is 5.90. The van der Waals surface area contributed by atoms with Crippen LogP contribution in [-0.2, 0) is 23.0 Å². The molecule has 0 unspecified atom stereocenters. The van der Waals surface area contributed by atoms with E-state index in [2.05, 4.69) is 4.98 Å². The van der Waals surface area contributed by atoms with Gasteiger partial charge in [0.1, 0.15) is 0 Å². The van der Waals surface area contributed by atoms with Gasteiger partial charge in [0.2, 0.25) is 10.0 Å². The molecule has 0 amide bonds. The van der Waals surface area contributed by atoms with Crippen LogP contribution in [0.5, 0.6) is 11.5 Å². The van der Waals surface area contributed by atoms with Gasteiger partial charge in [0.05, 0.1) is 29.8 Å². The molecule has 9 heteroatoms. The Morgan fingerprint density at radius 2 is 1.91 bits per heavy atom. The van der Waals surface area contributed by atoms with E-state index >= 15 is 0 Å². The molecule has 0 bridgehead atoms. The summed E-state index contributed by atoms with van der Waals surface area (Å²) in [7, 11) is -2.06. The van der Waals surface area contributed by atoms with E-state index in [4.69, 9.17) is 21.1 Å². The van der Waals surface area contributed by atoms with E-state index in [-0.39, 0.29) is 17.5 Å². The molecule has 6 nitrogen and oxygen atoms in total. The normalized spacial score (nSPS) is 14.3. The second-order valence-electron chi connectivity index (χ2n) is 8.03. The Kier molecular flexibility index (Phi) is 7.58. The quantitative estimate of drug-likeness (QED) is 0.364. The fourth-order valence-electron chi connectivity index (χ4n) is 3.76. The average molecular weight is 507 g/mol. The lowest BCUT2D eigenvalue weighted by atomic mass is 9.93. The molecule has 4 rings (SSSR count). The molecule has 176 valence electrons. The van der Waals surface area contributed by atoms with Crippen LogP contribution in [0.4, 0.5) is 0 Å². The molecular formula is C24H27ClN2O4S2. The third-order valence-corrected chi connectivity index (χ3v) is 9.06. The Morgan fingerprint density at radius 1 is 1.15 bits per heavy atom. The van der Waals surface area contributed by atoms with Crippen molar-refractivity contribution in [3.63, 3.8) is 0 Å². The summed E-state index contributed by atoms with van der Waals surface area (Å²) in [6.45, 7) is 2.78. The Bertz CT molecular complexity index is 1190. The zero-order valence-electron chi connectivity index (χ0n) is 18.7. The number of methoxy groups -OCH3 is 1. The minimum atomic E-state index is -3.65. The molecular weight excluding hydrogens is 480 g/mol. The first-order chi connectivity index (χ1) is 15.9. The standard InChI is InChI=1S/C24H27ClN2O4S2/c1-17-24(32-16-26-17)12-13-31-22-11-6-18(14-23(22)30-2)15-27(20-4-3-5-20)33(28,29)21-9-7-19(25)8-10-21/h6-11,14,16,20H,3-5,12-13,15H2,1-2H3. The van der Waals surface area contributed by atoms with Crippen molar-refractivity contribution in [2.75, 3.05) is 13.7 Å². The smallest absolute Gasteiger partial charge is 0.243 e. The number of hydrogen-bond donors (Lipinski definition) is 0. The van der Waals surface area contributed by atoms with Crippen molar-refractivity contribution in [3.8, 4) is 11.5 Å². The van der Waals surface area contributed by atoms with E-state index in [0.29, 0.717) is 23.1 Å². The molecule has 1 aliphatic carbocycles. The van der Waals surface area contributed by atoms with Crippen LogP contribution in [0.1, 0.15) is 35.4 Å². The summed E-state index contributed by atoms with van der Waals surface area (Å²) in [4.78, 5) is 5.72. The van der Waals surface area contributed by atoms with Crippen molar-refractivity contribution in [1.82, 2.24) is 9.29 Å². The van der Waals surface area contributed by atoms with Gasteiger partial charge in [-0.3, -0.25) is 0 Å². The van der Waals surface area contributed by atoms with E-state index < -0.39 is 10.0 Å². The molecule has 0 N–H and O–H groups in total. The molecule has 1 aromatic heterocycles. The SMILES string of the molecule is COc1cc(CN(C2CCC2)S(=O)(=O)c2ccc(Cl)cc2)ccc1OCCc1scnc1C. The summed E-state index contributed by atoms with van der Waals surface area (Å²) >= 11 is 7.58. The van der Waals surface area contributed by atoms with Crippen molar-refractivity contribution in [2.45, 2.75) is 50.1 Å². The van der Waals surface area contributed by atoms with E-state index in [1.807, 2.05) is 30.6 Å². The molecule has 2 aromatic carbocycles. The van der Waals surface area contributed by atoms with Crippen LogP contribution < -0.4 is 9.47 Å². The maximum atomic E-state index is 13.4. The molecule has 1 saturated carbocycles. The largest absolute Gasteiger partial charge is 0.493 e. The highest BCUT2D eigenvalue weighted by Gasteiger charge is 2.35. The van der Waals surface area contributed by atoms with E-state index in [0.717, 1.165) is 36.9 Å². The number of nitrogens with zero attached hydrogens (tertiary/aromatic N) is 2. The first kappa shape index (κ1) is 24.0. The summed E-state index contributed by atoms with van der Waals surface area (Å²) < 4.78 is 39.9. The van der Waals surface area contributed by atoms with Crippen molar-refractivity contribution in [3.05, 3.63) is 69.1 Å². The molecule has 0 spiro atoms. The number of aromatic nitrogens is 1. The van der Waals surface area contributed by atoms with E-state index in [1.54, 1.807) is 47.0 Å². The molecule has 3 aromatic rings. The van der Waals surface area contributed by atoms with Crippen LogP contribution in [0.2, 0.25) is 5.02 Å². The summed E-state index contributed by atoms with van der Waals surface area (Å²) in [5.41, 5.74) is 3.72. The second-order valence-corrected chi connectivity index (χ2v) is 11.3. The number of ether oxygens (including phenoxy) is 2. The van der Waals surface area contributed by atoms with Crippen LogP contribution in [0.25, 0.3) is 0 Å². The highest BCUT2D eigenvalue weighted by molar-refractivity contribution is 7.89. The monoisotopic (exact) mass is 506 g/mol. The number of sulfonamides is 1. The lowest BCUT2D eigenvalue weighted by Crippen LogP contribution is -2.43. The van der Waals surface area contributed by atoms with Crippen molar-refractivity contribution >= 4 is 33.0 Å². The predicted octanol–water partition coefficient (Wildman–Crippen LogP) is 5.48. The van der Waals surface area contributed by atoms with Crippen LogP contribution in [0.15, 0.2) is 52.9 Å². The number of halogens is 1. The minimum Gasteiger partial charge on any atom is -0.493 e. The molecule has 1 heterocycles. The molecule has 0 saturated heterocycles. The number of benzene rings is 2. The first-order valence-corrected chi connectivity index (χ1v) is 13.5. The molecule has 1 aliphatic rings. The summed E-state index contributed by atoms with van der Waals surface area (Å²) in [5, 5.41) is 0.509. The maximum Gasteiger partial charge on any atom is 0.243 e. The number of rotatable bonds is 10. The van der Waals surface area contributed by atoms with Gasteiger partial charge in [-0.1, -0.05) is 24.1 Å². The second kappa shape index (κ2) is 10.4. The summed E-state index contributed by atoms with van der Waals surface area (Å²) in [6.07, 6.45) is 3.53. The Morgan fingerprint density at radius 3 is 2.52 bits per heavy atom. The number of thiazole rings is 1. The minimum absolute atomic E-state index is 0.00440. The lowest BCUT2D eigenvalue weighted by molar-refractivity contribution is 0.213. The highest BCUT2D eigenvalue weighted by atomic mass is 35.5. The third kappa shape index (κ3) is 5.51. The van der Waals surface area contributed by atoms with Gasteiger partial charge in [-0.25, -0.2) is 13.4 Å². The first-order valence-electron chi connectivity index (χ1n) is 10.8. The van der Waals surface area contributed by atoms with Gasteiger partial charge < -0.3 is 9.47 Å². The molecule has 0 radical (unpaired) electrons. The highest BCUT2D eigenvalue weighted by Crippen LogP contribution is 2.34. The van der Waals surface area contributed by atoms with Gasteiger partial charge in [-0.05, 0) is 61.7 Å². The topological polar surface area (TPSA) is 68.7 Å². The molecule has 33 heavy (non-hydrogen) atoms. The van der Waals surface area contributed by atoms with Gasteiger partial charge in [-0.2, -0.15) is 4.31 Å². The lowest BCUT2D eigenvalue weighted by Gasteiger charge is -2.36. The maximum absolute atomic E-state index is 13.4. The van der Waals surface area contributed by atoms with E-state index in [1.165, 1.54) is 4.88 Å². The van der Waals surface area contributed by atoms with Crippen molar-refractivity contribution in [1.29, 1.82) is 0 Å². The van der Waals surface area contributed by atoms with Gasteiger partial charge >= 0.3 is 0 Å². The fraction of sp³-hybridized carbons (Fsp3) is 0.375.